The first-order valence-electron chi connectivity index (χ1n) is 7.78. The van der Waals surface area contributed by atoms with E-state index in [-0.39, 0.29) is 0 Å². The van der Waals surface area contributed by atoms with Gasteiger partial charge in [0.1, 0.15) is 0 Å². The molecule has 1 unspecified atom stereocenters. The van der Waals surface area contributed by atoms with Crippen LogP contribution in [0, 0.1) is 0 Å². The van der Waals surface area contributed by atoms with Gasteiger partial charge in [0.15, 0.2) is 0 Å². The third kappa shape index (κ3) is 3.46. The molecule has 2 heterocycles. The van der Waals surface area contributed by atoms with Crippen LogP contribution < -0.4 is 10.2 Å². The number of nitrogens with zero attached hydrogens (tertiary/aromatic N) is 2. The molecule has 0 spiro atoms. The van der Waals surface area contributed by atoms with Crippen LogP contribution in [0.2, 0.25) is 5.02 Å². The van der Waals surface area contributed by atoms with Gasteiger partial charge in [-0.2, -0.15) is 0 Å². The predicted octanol–water partition coefficient (Wildman–Crippen LogP) is 2.60. The Morgan fingerprint density at radius 3 is 2.70 bits per heavy atom. The van der Waals surface area contributed by atoms with Crippen molar-refractivity contribution in [2.75, 3.05) is 44.2 Å². The molecule has 1 aromatic carbocycles. The monoisotopic (exact) mass is 293 g/mol. The van der Waals surface area contributed by atoms with Crippen LogP contribution in [-0.4, -0.2) is 50.2 Å². The predicted molar refractivity (Wildman–Crippen MR) is 85.7 cm³/mol. The third-order valence-corrected chi connectivity index (χ3v) is 4.78. The van der Waals surface area contributed by atoms with Crippen LogP contribution in [0.1, 0.15) is 19.3 Å². The molecule has 3 nitrogen and oxygen atoms in total. The second kappa shape index (κ2) is 6.79. The fourth-order valence-corrected chi connectivity index (χ4v) is 3.57. The van der Waals surface area contributed by atoms with Crippen LogP contribution in [0.4, 0.5) is 5.69 Å². The van der Waals surface area contributed by atoms with Crippen molar-refractivity contribution in [2.24, 2.45) is 0 Å². The summed E-state index contributed by atoms with van der Waals surface area (Å²) in [4.78, 5) is 5.14. The fourth-order valence-electron chi connectivity index (χ4n) is 3.38. The van der Waals surface area contributed by atoms with Crippen LogP contribution in [0.3, 0.4) is 0 Å². The average Bonchev–Trinajstić information content (AvgIpc) is 2.76. The van der Waals surface area contributed by atoms with Crippen molar-refractivity contribution in [3.63, 3.8) is 0 Å². The average molecular weight is 294 g/mol. The van der Waals surface area contributed by atoms with E-state index in [1.807, 2.05) is 12.1 Å². The van der Waals surface area contributed by atoms with Crippen LogP contribution in [0.15, 0.2) is 24.3 Å². The molecular formula is C16H24ClN3. The Balaban J connectivity index is 1.56. The highest BCUT2D eigenvalue weighted by molar-refractivity contribution is 6.30. The highest BCUT2D eigenvalue weighted by Gasteiger charge is 2.24. The Kier molecular flexibility index (Phi) is 4.81. The van der Waals surface area contributed by atoms with Gasteiger partial charge in [0, 0.05) is 42.9 Å². The zero-order valence-corrected chi connectivity index (χ0v) is 12.8. The van der Waals surface area contributed by atoms with Gasteiger partial charge in [-0.15, -0.1) is 0 Å². The summed E-state index contributed by atoms with van der Waals surface area (Å²) >= 11 is 6.09. The largest absolute Gasteiger partial charge is 0.369 e. The normalized spacial score (nSPS) is 25.4. The Labute approximate surface area is 126 Å². The van der Waals surface area contributed by atoms with Crippen molar-refractivity contribution in [2.45, 2.75) is 25.3 Å². The van der Waals surface area contributed by atoms with E-state index in [0.717, 1.165) is 24.2 Å². The first-order valence-corrected chi connectivity index (χ1v) is 8.16. The van der Waals surface area contributed by atoms with Gasteiger partial charge in [-0.25, -0.2) is 0 Å². The highest BCUT2D eigenvalue weighted by Crippen LogP contribution is 2.22. The molecule has 0 aromatic heterocycles. The van der Waals surface area contributed by atoms with Crippen molar-refractivity contribution in [1.82, 2.24) is 10.2 Å². The van der Waals surface area contributed by atoms with Crippen LogP contribution in [0.25, 0.3) is 0 Å². The van der Waals surface area contributed by atoms with E-state index in [0.29, 0.717) is 0 Å². The van der Waals surface area contributed by atoms with Crippen molar-refractivity contribution < 1.29 is 0 Å². The number of hydrogen-bond donors (Lipinski definition) is 1. The second-order valence-corrected chi connectivity index (χ2v) is 6.27. The highest BCUT2D eigenvalue weighted by atomic mass is 35.5. The number of nitrogens with one attached hydrogen (secondary N) is 1. The van der Waals surface area contributed by atoms with E-state index in [2.05, 4.69) is 27.2 Å². The summed E-state index contributed by atoms with van der Waals surface area (Å²) in [7, 11) is 0. The molecule has 1 aromatic rings. The summed E-state index contributed by atoms with van der Waals surface area (Å²) in [5, 5.41) is 4.34. The maximum Gasteiger partial charge on any atom is 0.0426 e. The molecule has 0 bridgehead atoms. The molecule has 2 fully saturated rings. The van der Waals surface area contributed by atoms with Gasteiger partial charge in [0.25, 0.3) is 0 Å². The van der Waals surface area contributed by atoms with Gasteiger partial charge < -0.3 is 10.2 Å². The topological polar surface area (TPSA) is 18.5 Å². The van der Waals surface area contributed by atoms with Crippen LogP contribution >= 0.6 is 11.6 Å². The van der Waals surface area contributed by atoms with E-state index in [4.69, 9.17) is 11.6 Å². The fraction of sp³-hybridized carbons (Fsp3) is 0.625. The number of halogens is 1. The van der Waals surface area contributed by atoms with Gasteiger partial charge in [-0.1, -0.05) is 17.7 Å². The smallest absolute Gasteiger partial charge is 0.0426 e. The molecule has 0 amide bonds. The number of hydrogen-bond acceptors (Lipinski definition) is 3. The van der Waals surface area contributed by atoms with E-state index in [1.165, 1.54) is 51.1 Å². The Morgan fingerprint density at radius 1 is 1.05 bits per heavy atom. The molecule has 0 saturated carbocycles. The maximum absolute atomic E-state index is 6.09. The summed E-state index contributed by atoms with van der Waals surface area (Å²) in [6.07, 6.45) is 3.97. The Bertz CT molecular complexity index is 421. The molecule has 1 N–H and O–H groups in total. The van der Waals surface area contributed by atoms with Crippen molar-refractivity contribution in [1.29, 1.82) is 0 Å². The van der Waals surface area contributed by atoms with Crippen LogP contribution in [0.5, 0.6) is 0 Å². The molecule has 0 aliphatic carbocycles. The van der Waals surface area contributed by atoms with Crippen molar-refractivity contribution >= 4 is 17.3 Å². The van der Waals surface area contributed by atoms with E-state index in [9.17, 15) is 0 Å². The minimum atomic E-state index is 0.784. The number of rotatable bonds is 2. The molecule has 3 rings (SSSR count). The number of benzene rings is 1. The van der Waals surface area contributed by atoms with E-state index in [1.54, 1.807) is 0 Å². The molecule has 0 radical (unpaired) electrons. The van der Waals surface area contributed by atoms with Gasteiger partial charge in [-0.3, -0.25) is 4.90 Å². The lowest BCUT2D eigenvalue weighted by Crippen LogP contribution is -2.50. The standard InChI is InChI=1S/C16H24ClN3/c17-14-3-1-4-16(13-14)20-11-9-19(10-12-20)15-5-2-7-18-8-6-15/h1,3-4,13,15,18H,2,5-12H2. The minimum absolute atomic E-state index is 0.784. The lowest BCUT2D eigenvalue weighted by atomic mass is 10.1. The Hall–Kier alpha value is -0.770. The van der Waals surface area contributed by atoms with E-state index < -0.39 is 0 Å². The zero-order chi connectivity index (χ0) is 13.8. The SMILES string of the molecule is Clc1cccc(N2CCN(C3CCCNCC3)CC2)c1. The lowest BCUT2D eigenvalue weighted by molar-refractivity contribution is 0.172. The molecule has 2 saturated heterocycles. The first-order chi connectivity index (χ1) is 9.83. The minimum Gasteiger partial charge on any atom is -0.369 e. The summed E-state index contributed by atoms with van der Waals surface area (Å²) in [5.74, 6) is 0. The molecule has 4 heteroatoms. The molecule has 20 heavy (non-hydrogen) atoms. The zero-order valence-electron chi connectivity index (χ0n) is 12.0. The quantitative estimate of drug-likeness (QED) is 0.904. The summed E-state index contributed by atoms with van der Waals surface area (Å²) < 4.78 is 0. The molecule has 1 atom stereocenters. The Morgan fingerprint density at radius 2 is 1.90 bits per heavy atom. The molecule has 2 aliphatic heterocycles. The number of anilines is 1. The molecule has 2 aliphatic rings. The molecule has 110 valence electrons. The van der Waals surface area contributed by atoms with E-state index >= 15 is 0 Å². The number of piperazine rings is 1. The summed E-state index contributed by atoms with van der Waals surface area (Å²) in [6, 6.07) is 9.01. The lowest BCUT2D eigenvalue weighted by Gasteiger charge is -2.40. The van der Waals surface area contributed by atoms with Crippen LogP contribution in [-0.2, 0) is 0 Å². The van der Waals surface area contributed by atoms with Gasteiger partial charge in [0.2, 0.25) is 0 Å². The summed E-state index contributed by atoms with van der Waals surface area (Å²) in [6.45, 7) is 6.96. The maximum atomic E-state index is 6.09. The van der Waals surface area contributed by atoms with Gasteiger partial charge >= 0.3 is 0 Å². The third-order valence-electron chi connectivity index (χ3n) is 4.55. The van der Waals surface area contributed by atoms with Gasteiger partial charge in [-0.05, 0) is 50.6 Å². The van der Waals surface area contributed by atoms with Crippen molar-refractivity contribution in [3.8, 4) is 0 Å². The molecular weight excluding hydrogens is 270 g/mol. The summed E-state index contributed by atoms with van der Waals surface area (Å²) in [5.41, 5.74) is 1.26. The van der Waals surface area contributed by atoms with Gasteiger partial charge in [0.05, 0.1) is 0 Å². The second-order valence-electron chi connectivity index (χ2n) is 5.84. The van der Waals surface area contributed by atoms with Crippen molar-refractivity contribution in [3.05, 3.63) is 29.3 Å². The first kappa shape index (κ1) is 14.2.